The Labute approximate surface area is 212 Å². The van der Waals surface area contributed by atoms with Crippen LogP contribution in [0.3, 0.4) is 0 Å². The van der Waals surface area contributed by atoms with Gasteiger partial charge in [-0.15, -0.1) is 0 Å². The molecule has 176 valence electrons. The average Bonchev–Trinajstić information content (AvgIpc) is 3.27. The second kappa shape index (κ2) is 10.6. The molecule has 1 aliphatic rings. The van der Waals surface area contributed by atoms with Crippen molar-refractivity contribution in [2.45, 2.75) is 6.92 Å². The summed E-state index contributed by atoms with van der Waals surface area (Å²) in [5.74, 6) is 0.802. The van der Waals surface area contributed by atoms with Crippen molar-refractivity contribution in [1.29, 1.82) is 0 Å². The van der Waals surface area contributed by atoms with Gasteiger partial charge < -0.3 is 19.5 Å². The van der Waals surface area contributed by atoms with Crippen LogP contribution in [0, 0.1) is 0 Å². The Morgan fingerprint density at radius 1 is 0.971 bits per heavy atom. The highest BCUT2D eigenvalue weighted by atomic mass is 35.5. The number of nitrogens with zero attached hydrogens (tertiary/aromatic N) is 2. The van der Waals surface area contributed by atoms with Crippen molar-refractivity contribution in [2.24, 2.45) is 0 Å². The van der Waals surface area contributed by atoms with Gasteiger partial charge in [0.1, 0.15) is 11.5 Å². The summed E-state index contributed by atoms with van der Waals surface area (Å²) in [6.45, 7) is 4.03. The molecule has 2 amide bonds. The number of piperazine rings is 1. The number of furan rings is 1. The number of hydrogen-bond acceptors (Lipinski definition) is 4. The molecule has 0 saturated carbocycles. The van der Waals surface area contributed by atoms with E-state index in [1.54, 1.807) is 66.4 Å². The standard InChI is InChI=1S/C25H22Cl3N3O3/c1-16(32)30-11-13-31(14-12-30)25-20(27)3-2-4-22(25)29-24(33)10-7-18-6-9-23(34-18)19-8-5-17(26)15-21(19)28/h2-10,15H,11-14H2,1H3,(H,29,33)/b10-7+. The number of halogens is 3. The monoisotopic (exact) mass is 517 g/mol. The van der Waals surface area contributed by atoms with E-state index in [2.05, 4.69) is 10.2 Å². The van der Waals surface area contributed by atoms with E-state index in [4.69, 9.17) is 39.2 Å². The number of amides is 2. The third-order valence-corrected chi connectivity index (χ3v) is 6.36. The quantitative estimate of drug-likeness (QED) is 0.407. The smallest absolute Gasteiger partial charge is 0.248 e. The molecular weight excluding hydrogens is 497 g/mol. The predicted octanol–water partition coefficient (Wildman–Crippen LogP) is 6.23. The number of carbonyl (C=O) groups is 2. The van der Waals surface area contributed by atoms with Crippen LogP contribution in [0.25, 0.3) is 17.4 Å². The van der Waals surface area contributed by atoms with Crippen LogP contribution in [-0.4, -0.2) is 42.9 Å². The Bertz CT molecular complexity index is 1250. The largest absolute Gasteiger partial charge is 0.457 e. The molecule has 6 nitrogen and oxygen atoms in total. The number of anilines is 2. The maximum absolute atomic E-state index is 12.7. The fourth-order valence-electron chi connectivity index (χ4n) is 3.79. The van der Waals surface area contributed by atoms with Crippen LogP contribution in [0.5, 0.6) is 0 Å². The lowest BCUT2D eigenvalue weighted by molar-refractivity contribution is -0.129. The first-order valence-corrected chi connectivity index (χ1v) is 11.8. The lowest BCUT2D eigenvalue weighted by Crippen LogP contribution is -2.48. The Morgan fingerprint density at radius 2 is 1.74 bits per heavy atom. The number of benzene rings is 2. The van der Waals surface area contributed by atoms with Gasteiger partial charge in [0.15, 0.2) is 0 Å². The van der Waals surface area contributed by atoms with Crippen molar-refractivity contribution < 1.29 is 14.0 Å². The van der Waals surface area contributed by atoms with Crippen LogP contribution in [-0.2, 0) is 9.59 Å². The summed E-state index contributed by atoms with van der Waals surface area (Å²) in [5.41, 5.74) is 2.06. The van der Waals surface area contributed by atoms with Crippen LogP contribution < -0.4 is 10.2 Å². The fraction of sp³-hybridized carbons (Fsp3) is 0.200. The molecule has 1 N–H and O–H groups in total. The molecule has 0 spiro atoms. The van der Waals surface area contributed by atoms with Crippen LogP contribution >= 0.6 is 34.8 Å². The van der Waals surface area contributed by atoms with Crippen molar-refractivity contribution in [3.8, 4) is 11.3 Å². The first kappa shape index (κ1) is 24.2. The van der Waals surface area contributed by atoms with E-state index >= 15 is 0 Å². The van der Waals surface area contributed by atoms with Gasteiger partial charge in [0.25, 0.3) is 0 Å². The zero-order valence-electron chi connectivity index (χ0n) is 18.4. The van der Waals surface area contributed by atoms with Crippen molar-refractivity contribution in [3.63, 3.8) is 0 Å². The molecule has 2 aromatic carbocycles. The Kier molecular flexibility index (Phi) is 7.51. The first-order chi connectivity index (χ1) is 16.3. The van der Waals surface area contributed by atoms with Crippen LogP contribution in [0.15, 0.2) is 59.0 Å². The summed E-state index contributed by atoms with van der Waals surface area (Å²) >= 11 is 18.7. The molecule has 1 saturated heterocycles. The van der Waals surface area contributed by atoms with E-state index < -0.39 is 0 Å². The second-order valence-corrected chi connectivity index (χ2v) is 9.03. The maximum atomic E-state index is 12.7. The van der Waals surface area contributed by atoms with Crippen LogP contribution in [0.1, 0.15) is 12.7 Å². The zero-order valence-corrected chi connectivity index (χ0v) is 20.6. The van der Waals surface area contributed by atoms with Gasteiger partial charge in [0, 0.05) is 49.8 Å². The minimum absolute atomic E-state index is 0.0527. The molecule has 34 heavy (non-hydrogen) atoms. The van der Waals surface area contributed by atoms with Gasteiger partial charge in [0.05, 0.1) is 21.4 Å². The summed E-state index contributed by atoms with van der Waals surface area (Å²) in [6, 6.07) is 14.1. The van der Waals surface area contributed by atoms with E-state index in [1.165, 1.54) is 6.08 Å². The number of nitrogens with one attached hydrogen (secondary N) is 1. The van der Waals surface area contributed by atoms with Crippen molar-refractivity contribution in [1.82, 2.24) is 4.90 Å². The minimum atomic E-state index is -0.326. The highest BCUT2D eigenvalue weighted by Gasteiger charge is 2.23. The molecule has 1 aliphatic heterocycles. The van der Waals surface area contributed by atoms with Gasteiger partial charge in [0.2, 0.25) is 11.8 Å². The third-order valence-electron chi connectivity index (χ3n) is 5.51. The molecular formula is C25H22Cl3N3O3. The molecule has 4 rings (SSSR count). The molecule has 2 heterocycles. The minimum Gasteiger partial charge on any atom is -0.457 e. The second-order valence-electron chi connectivity index (χ2n) is 7.78. The van der Waals surface area contributed by atoms with Gasteiger partial charge in [-0.2, -0.15) is 0 Å². The Balaban J connectivity index is 1.45. The molecule has 0 bridgehead atoms. The average molecular weight is 519 g/mol. The molecule has 0 radical (unpaired) electrons. The summed E-state index contributed by atoms with van der Waals surface area (Å²) in [7, 11) is 0. The van der Waals surface area contributed by atoms with Crippen LogP contribution in [0.2, 0.25) is 15.1 Å². The van der Waals surface area contributed by atoms with Crippen LogP contribution in [0.4, 0.5) is 11.4 Å². The summed E-state index contributed by atoms with van der Waals surface area (Å²) in [6.07, 6.45) is 2.98. The Hall–Kier alpha value is -2.93. The molecule has 3 aromatic rings. The molecule has 0 unspecified atom stereocenters. The summed E-state index contributed by atoms with van der Waals surface area (Å²) in [5, 5.41) is 4.45. The SMILES string of the molecule is CC(=O)N1CCN(c2c(Cl)cccc2NC(=O)/C=C/c2ccc(-c3ccc(Cl)cc3Cl)o2)CC1. The van der Waals surface area contributed by atoms with Crippen molar-refractivity contribution >= 4 is 64.1 Å². The molecule has 1 fully saturated rings. The molecule has 0 atom stereocenters. The van der Waals surface area contributed by atoms with Gasteiger partial charge >= 0.3 is 0 Å². The van der Waals surface area contributed by atoms with E-state index in [-0.39, 0.29) is 11.8 Å². The van der Waals surface area contributed by atoms with Crippen molar-refractivity contribution in [2.75, 3.05) is 36.4 Å². The lowest BCUT2D eigenvalue weighted by atomic mass is 10.2. The lowest BCUT2D eigenvalue weighted by Gasteiger charge is -2.36. The van der Waals surface area contributed by atoms with Gasteiger partial charge in [-0.25, -0.2) is 0 Å². The van der Waals surface area contributed by atoms with E-state index in [1.807, 2.05) is 0 Å². The molecule has 0 aliphatic carbocycles. The highest BCUT2D eigenvalue weighted by molar-refractivity contribution is 6.36. The zero-order chi connectivity index (χ0) is 24.2. The third kappa shape index (κ3) is 5.58. The highest BCUT2D eigenvalue weighted by Crippen LogP contribution is 2.35. The number of para-hydroxylation sites is 1. The van der Waals surface area contributed by atoms with Gasteiger partial charge in [-0.3, -0.25) is 9.59 Å². The first-order valence-electron chi connectivity index (χ1n) is 10.6. The topological polar surface area (TPSA) is 65.8 Å². The predicted molar refractivity (Wildman–Crippen MR) is 138 cm³/mol. The molecule has 9 heteroatoms. The van der Waals surface area contributed by atoms with Gasteiger partial charge in [-0.1, -0.05) is 40.9 Å². The number of carbonyl (C=O) groups excluding carboxylic acids is 2. The maximum Gasteiger partial charge on any atom is 0.248 e. The van der Waals surface area contributed by atoms with Crippen molar-refractivity contribution in [3.05, 3.63) is 75.4 Å². The Morgan fingerprint density at radius 3 is 2.44 bits per heavy atom. The van der Waals surface area contributed by atoms with Gasteiger partial charge in [-0.05, 0) is 48.5 Å². The van der Waals surface area contributed by atoms with E-state index in [0.29, 0.717) is 64.0 Å². The van der Waals surface area contributed by atoms with E-state index in [9.17, 15) is 9.59 Å². The number of rotatable bonds is 5. The van der Waals surface area contributed by atoms with E-state index in [0.717, 1.165) is 5.69 Å². The summed E-state index contributed by atoms with van der Waals surface area (Å²) in [4.78, 5) is 28.1. The normalized spacial score (nSPS) is 14.0. The molecule has 1 aromatic heterocycles. The number of hydrogen-bond donors (Lipinski definition) is 1. The summed E-state index contributed by atoms with van der Waals surface area (Å²) < 4.78 is 5.80. The fourth-order valence-corrected chi connectivity index (χ4v) is 4.59.